The highest BCUT2D eigenvalue weighted by molar-refractivity contribution is 5.99. The van der Waals surface area contributed by atoms with Gasteiger partial charge in [0.05, 0.1) is 24.1 Å². The molecule has 4 aromatic rings. The second-order valence-corrected chi connectivity index (χ2v) is 9.21. The van der Waals surface area contributed by atoms with E-state index in [1.165, 1.54) is 0 Å². The van der Waals surface area contributed by atoms with Gasteiger partial charge in [0.1, 0.15) is 12.2 Å². The predicted molar refractivity (Wildman–Crippen MR) is 140 cm³/mol. The zero-order valence-corrected chi connectivity index (χ0v) is 21.0. The summed E-state index contributed by atoms with van der Waals surface area (Å²) in [5, 5.41) is 0.435. The molecule has 1 amide bonds. The summed E-state index contributed by atoms with van der Waals surface area (Å²) in [7, 11) is 1.54. The first kappa shape index (κ1) is 23.7. The maximum atomic E-state index is 13.9. The van der Waals surface area contributed by atoms with Crippen molar-refractivity contribution in [1.29, 1.82) is 0 Å². The number of hydrogen-bond donors (Lipinski definition) is 0. The molecule has 8 heteroatoms. The van der Waals surface area contributed by atoms with Crippen LogP contribution < -0.4 is 24.4 Å². The van der Waals surface area contributed by atoms with Crippen molar-refractivity contribution in [2.75, 3.05) is 20.5 Å². The summed E-state index contributed by atoms with van der Waals surface area (Å²) in [6.45, 7) is 6.28. The number of benzene rings is 3. The molecule has 6 rings (SSSR count). The molecule has 38 heavy (non-hydrogen) atoms. The molecular formula is C30H25NO7. The Bertz CT molecular complexity index is 1650. The van der Waals surface area contributed by atoms with Crippen molar-refractivity contribution in [3.05, 3.63) is 105 Å². The van der Waals surface area contributed by atoms with Gasteiger partial charge in [-0.1, -0.05) is 36.4 Å². The lowest BCUT2D eigenvalue weighted by Gasteiger charge is -2.26. The molecule has 1 atom stereocenters. The molecule has 3 heterocycles. The monoisotopic (exact) mass is 511 g/mol. The zero-order chi connectivity index (χ0) is 26.4. The highest BCUT2D eigenvalue weighted by Gasteiger charge is 2.43. The molecule has 8 nitrogen and oxygen atoms in total. The van der Waals surface area contributed by atoms with Gasteiger partial charge >= 0.3 is 0 Å². The Morgan fingerprint density at radius 1 is 1.03 bits per heavy atom. The molecule has 0 saturated heterocycles. The smallest absolute Gasteiger partial charge is 0.291 e. The van der Waals surface area contributed by atoms with Crippen LogP contribution >= 0.6 is 0 Å². The Kier molecular flexibility index (Phi) is 5.79. The van der Waals surface area contributed by atoms with Crippen molar-refractivity contribution in [2.45, 2.75) is 19.5 Å². The summed E-state index contributed by atoms with van der Waals surface area (Å²) in [6.07, 6.45) is 1.64. The SMILES string of the molecule is C=CCOc1ccc([C@H]2c3c(oc4ccc(C)cc4c3=O)C(=O)N2Cc2ccc3c(c2)OCO3)cc1OC. The van der Waals surface area contributed by atoms with E-state index >= 15 is 0 Å². The number of aryl methyl sites for hydroxylation is 1. The number of rotatable bonds is 7. The molecule has 0 aliphatic carbocycles. The first-order chi connectivity index (χ1) is 18.5. The number of ether oxygens (including phenoxy) is 4. The molecule has 0 unspecified atom stereocenters. The number of methoxy groups -OCH3 is 1. The fourth-order valence-corrected chi connectivity index (χ4v) is 5.00. The summed E-state index contributed by atoms with van der Waals surface area (Å²) in [5.41, 5.74) is 2.89. The van der Waals surface area contributed by atoms with Crippen LogP contribution in [0.15, 0.2) is 76.5 Å². The number of carbonyl (C=O) groups is 1. The van der Waals surface area contributed by atoms with E-state index in [0.29, 0.717) is 51.7 Å². The third-order valence-electron chi connectivity index (χ3n) is 6.77. The number of fused-ring (bicyclic) bond motifs is 3. The van der Waals surface area contributed by atoms with Gasteiger partial charge in [-0.05, 0) is 54.4 Å². The van der Waals surface area contributed by atoms with E-state index in [1.54, 1.807) is 42.4 Å². The van der Waals surface area contributed by atoms with Gasteiger partial charge in [0.2, 0.25) is 12.6 Å². The van der Waals surface area contributed by atoms with Crippen molar-refractivity contribution < 1.29 is 28.2 Å². The van der Waals surface area contributed by atoms with E-state index in [9.17, 15) is 9.59 Å². The number of hydrogen-bond acceptors (Lipinski definition) is 7. The van der Waals surface area contributed by atoms with Crippen LogP contribution in [0.5, 0.6) is 23.0 Å². The highest BCUT2D eigenvalue weighted by Crippen LogP contribution is 2.42. The molecule has 0 spiro atoms. The van der Waals surface area contributed by atoms with Gasteiger partial charge in [-0.25, -0.2) is 0 Å². The van der Waals surface area contributed by atoms with Crippen LogP contribution in [-0.4, -0.2) is 31.3 Å². The van der Waals surface area contributed by atoms with E-state index < -0.39 is 6.04 Å². The van der Waals surface area contributed by atoms with Gasteiger partial charge in [0.15, 0.2) is 28.4 Å². The van der Waals surface area contributed by atoms with Crippen molar-refractivity contribution in [3.63, 3.8) is 0 Å². The van der Waals surface area contributed by atoms with Gasteiger partial charge in [-0.2, -0.15) is 0 Å². The van der Waals surface area contributed by atoms with Crippen LogP contribution in [0.1, 0.15) is 38.9 Å². The third kappa shape index (κ3) is 3.85. The summed E-state index contributed by atoms with van der Waals surface area (Å²) in [5.74, 6) is 1.96. The lowest BCUT2D eigenvalue weighted by atomic mass is 9.97. The average Bonchev–Trinajstić information content (AvgIpc) is 3.50. The van der Waals surface area contributed by atoms with E-state index in [4.69, 9.17) is 23.4 Å². The molecule has 0 fully saturated rings. The summed E-state index contributed by atoms with van der Waals surface area (Å²) in [4.78, 5) is 29.3. The maximum absolute atomic E-state index is 13.9. The van der Waals surface area contributed by atoms with E-state index in [1.807, 2.05) is 37.3 Å². The van der Waals surface area contributed by atoms with Crippen LogP contribution in [0.3, 0.4) is 0 Å². The summed E-state index contributed by atoms with van der Waals surface area (Å²) >= 11 is 0. The molecule has 192 valence electrons. The van der Waals surface area contributed by atoms with Gasteiger partial charge in [0, 0.05) is 6.54 Å². The fourth-order valence-electron chi connectivity index (χ4n) is 5.00. The first-order valence-electron chi connectivity index (χ1n) is 12.2. The molecule has 0 N–H and O–H groups in total. The quantitative estimate of drug-likeness (QED) is 0.317. The van der Waals surface area contributed by atoms with Gasteiger partial charge in [0.25, 0.3) is 5.91 Å². The average molecular weight is 512 g/mol. The molecule has 3 aromatic carbocycles. The second kappa shape index (κ2) is 9.30. The van der Waals surface area contributed by atoms with Gasteiger partial charge in [-0.15, -0.1) is 0 Å². The molecule has 0 bridgehead atoms. The molecule has 2 aliphatic rings. The number of amides is 1. The molecule has 0 saturated carbocycles. The standard InChI is InChI=1S/C30H25NO7/c1-4-11-35-22-10-7-19(14-24(22)34-3)27-26-28(32)20-12-17(2)5-8-21(20)38-29(26)30(33)31(27)15-18-6-9-23-25(13-18)37-16-36-23/h4-10,12-14,27H,1,11,15-16H2,2-3H3/t27-/m0/s1. The normalized spacial score (nSPS) is 15.6. The van der Waals surface area contributed by atoms with Crippen molar-refractivity contribution in [3.8, 4) is 23.0 Å². The van der Waals surface area contributed by atoms with E-state index in [2.05, 4.69) is 6.58 Å². The lowest BCUT2D eigenvalue weighted by Crippen LogP contribution is -2.29. The second-order valence-electron chi connectivity index (χ2n) is 9.21. The Hall–Kier alpha value is -4.72. The van der Waals surface area contributed by atoms with Crippen LogP contribution in [-0.2, 0) is 6.54 Å². The summed E-state index contributed by atoms with van der Waals surface area (Å²) < 4.78 is 28.3. The Balaban J connectivity index is 1.51. The predicted octanol–water partition coefficient (Wildman–Crippen LogP) is 5.15. The van der Waals surface area contributed by atoms with Crippen LogP contribution in [0.4, 0.5) is 0 Å². The number of carbonyl (C=O) groups excluding carboxylic acids is 1. The van der Waals surface area contributed by atoms with Crippen LogP contribution in [0, 0.1) is 6.92 Å². The third-order valence-corrected chi connectivity index (χ3v) is 6.77. The molecule has 1 aromatic heterocycles. The lowest BCUT2D eigenvalue weighted by molar-refractivity contribution is 0.0714. The van der Waals surface area contributed by atoms with Gasteiger partial charge < -0.3 is 28.3 Å². The maximum Gasteiger partial charge on any atom is 0.291 e. The molecule has 2 aliphatic heterocycles. The van der Waals surface area contributed by atoms with Crippen molar-refractivity contribution >= 4 is 16.9 Å². The Morgan fingerprint density at radius 2 is 1.87 bits per heavy atom. The first-order valence-corrected chi connectivity index (χ1v) is 12.2. The molecular weight excluding hydrogens is 486 g/mol. The van der Waals surface area contributed by atoms with E-state index in [-0.39, 0.29) is 30.4 Å². The number of nitrogens with zero attached hydrogens (tertiary/aromatic N) is 1. The van der Waals surface area contributed by atoms with Crippen molar-refractivity contribution in [2.24, 2.45) is 0 Å². The Morgan fingerprint density at radius 3 is 2.68 bits per heavy atom. The minimum Gasteiger partial charge on any atom is -0.493 e. The Labute approximate surface area is 218 Å². The largest absolute Gasteiger partial charge is 0.493 e. The molecule has 0 radical (unpaired) electrons. The minimum absolute atomic E-state index is 0.0445. The zero-order valence-electron chi connectivity index (χ0n) is 21.0. The highest BCUT2D eigenvalue weighted by atomic mass is 16.7. The van der Waals surface area contributed by atoms with E-state index in [0.717, 1.165) is 11.1 Å². The summed E-state index contributed by atoms with van der Waals surface area (Å²) in [6, 6.07) is 15.6. The topological polar surface area (TPSA) is 87.4 Å². The van der Waals surface area contributed by atoms with Crippen LogP contribution in [0.25, 0.3) is 11.0 Å². The fraction of sp³-hybridized carbons (Fsp3) is 0.200. The minimum atomic E-state index is -0.702. The van der Waals surface area contributed by atoms with Gasteiger partial charge in [-0.3, -0.25) is 9.59 Å². The van der Waals surface area contributed by atoms with Crippen molar-refractivity contribution in [1.82, 2.24) is 4.90 Å². The van der Waals surface area contributed by atoms with Crippen LogP contribution in [0.2, 0.25) is 0 Å².